The van der Waals surface area contributed by atoms with Crippen molar-refractivity contribution >= 4 is 63.9 Å². The second kappa shape index (κ2) is 21.5. The molecule has 2 aromatic carbocycles. The Morgan fingerprint density at radius 3 is 1.92 bits per heavy atom. The number of methoxy groups -OCH3 is 1. The van der Waals surface area contributed by atoms with Gasteiger partial charge in [-0.1, -0.05) is 12.2 Å². The predicted molar refractivity (Wildman–Crippen MR) is 240 cm³/mol. The minimum atomic E-state index is -0.657. The number of primary amides is 2. The van der Waals surface area contributed by atoms with Crippen molar-refractivity contribution in [2.75, 3.05) is 44.5 Å². The Morgan fingerprint density at radius 1 is 0.812 bits per heavy atom. The maximum atomic E-state index is 13.5. The summed E-state index contributed by atoms with van der Waals surface area (Å²) in [6.07, 6.45) is 5.07. The molecule has 0 unspecified atom stereocenters. The number of amides is 4. The monoisotopic (exact) mass is 881 g/mol. The molecule has 4 amide bonds. The van der Waals surface area contributed by atoms with E-state index in [0.29, 0.717) is 76.1 Å². The van der Waals surface area contributed by atoms with Crippen LogP contribution in [0.5, 0.6) is 11.5 Å². The topological polar surface area (TPSA) is 306 Å². The number of anilines is 2. The van der Waals surface area contributed by atoms with Gasteiger partial charge in [-0.2, -0.15) is 10.2 Å². The minimum absolute atomic E-state index is 0.140. The summed E-state index contributed by atoms with van der Waals surface area (Å²) in [5.41, 5.74) is 21.7. The molecule has 10 N–H and O–H groups in total. The highest BCUT2D eigenvalue weighted by molar-refractivity contribution is 6.04. The molecule has 22 heteroatoms. The molecule has 0 fully saturated rings. The number of fused-ring (bicyclic) bond motifs is 2. The number of nitrogens with one attached hydrogen (secondary N) is 2. The number of hydrazine groups is 1. The number of carbonyl (C=O) groups is 5. The third-order valence-electron chi connectivity index (χ3n) is 9.86. The average Bonchev–Trinajstić information content (AvgIpc) is 4.05. The predicted octanol–water partition coefficient (Wildman–Crippen LogP) is 2.51. The van der Waals surface area contributed by atoms with Gasteiger partial charge >= 0.3 is 0 Å². The van der Waals surface area contributed by atoms with Crippen molar-refractivity contribution in [2.45, 2.75) is 66.7 Å². The van der Waals surface area contributed by atoms with E-state index in [1.807, 2.05) is 37.5 Å². The number of ether oxygens (including phenoxy) is 2. The molecule has 6 aromatic rings. The number of hydrogen-bond acceptors (Lipinski definition) is 14. The normalized spacial score (nSPS) is 11.1. The molecule has 0 aliphatic rings. The smallest absolute Gasteiger partial charge is 0.276 e. The van der Waals surface area contributed by atoms with E-state index in [1.165, 1.54) is 19.2 Å². The van der Waals surface area contributed by atoms with Crippen LogP contribution in [0.15, 0.2) is 48.6 Å². The highest BCUT2D eigenvalue weighted by atomic mass is 16.5. The Bertz CT molecular complexity index is 2690. The Labute approximate surface area is 368 Å². The minimum Gasteiger partial charge on any atom is -0.494 e. The summed E-state index contributed by atoms with van der Waals surface area (Å²) in [6.45, 7) is 9.91. The SMILES string of the molecule is CCn1nc(C)cc1C(=O)Nc1nc2cc(C(N)=O)cc(OC)c2n1C/C=C/Cn1c(NC)nc2cc(C(N)=O)cc(OCCCC(=O)N(N)CCN)c21.CCn1nc(C)cc1C=O. The molecule has 4 heterocycles. The maximum absolute atomic E-state index is 13.5. The van der Waals surface area contributed by atoms with Crippen molar-refractivity contribution in [1.29, 1.82) is 0 Å². The summed E-state index contributed by atoms with van der Waals surface area (Å²) < 4.78 is 18.6. The van der Waals surface area contributed by atoms with Crippen LogP contribution in [0.25, 0.3) is 22.1 Å². The second-order valence-electron chi connectivity index (χ2n) is 14.3. The lowest BCUT2D eigenvalue weighted by molar-refractivity contribution is -0.131. The first-order valence-corrected chi connectivity index (χ1v) is 20.5. The van der Waals surface area contributed by atoms with Crippen molar-refractivity contribution in [3.05, 3.63) is 82.5 Å². The van der Waals surface area contributed by atoms with E-state index in [-0.39, 0.29) is 55.6 Å². The van der Waals surface area contributed by atoms with E-state index < -0.39 is 17.7 Å². The number of allylic oxidation sites excluding steroid dienone is 2. The van der Waals surface area contributed by atoms with Gasteiger partial charge in [0.15, 0.2) is 6.29 Å². The molecule has 0 spiro atoms. The van der Waals surface area contributed by atoms with Gasteiger partial charge in [-0.25, -0.2) is 15.8 Å². The Kier molecular flexibility index (Phi) is 15.9. The number of aromatic nitrogens is 8. The summed E-state index contributed by atoms with van der Waals surface area (Å²) in [6, 6.07) is 9.65. The van der Waals surface area contributed by atoms with Crippen molar-refractivity contribution in [1.82, 2.24) is 43.7 Å². The molecule has 6 rings (SSSR count). The van der Waals surface area contributed by atoms with Gasteiger partial charge in [0.05, 0.1) is 36.1 Å². The Balaban J connectivity index is 0.000000678. The van der Waals surface area contributed by atoms with Gasteiger partial charge in [-0.05, 0) is 70.5 Å². The first kappa shape index (κ1) is 47.5. The number of nitrogens with zero attached hydrogens (tertiary/aromatic N) is 9. The summed E-state index contributed by atoms with van der Waals surface area (Å²) in [5, 5.41) is 15.5. The average molecular weight is 882 g/mol. The number of nitrogens with two attached hydrogens (primary N) is 4. The third kappa shape index (κ3) is 10.9. The quantitative estimate of drug-likeness (QED) is 0.0160. The van der Waals surface area contributed by atoms with E-state index >= 15 is 0 Å². The molecule has 0 bridgehead atoms. The fourth-order valence-electron chi connectivity index (χ4n) is 6.87. The van der Waals surface area contributed by atoms with Crippen LogP contribution in [0.4, 0.5) is 11.9 Å². The van der Waals surface area contributed by atoms with Crippen LogP contribution in [-0.4, -0.2) is 107 Å². The molecule has 0 aliphatic carbocycles. The van der Waals surface area contributed by atoms with E-state index in [2.05, 4.69) is 30.8 Å². The molecular formula is C42H55N15O7. The van der Waals surface area contributed by atoms with Crippen LogP contribution in [0.3, 0.4) is 0 Å². The number of aldehydes is 1. The summed E-state index contributed by atoms with van der Waals surface area (Å²) >= 11 is 0. The fourth-order valence-corrected chi connectivity index (χ4v) is 6.87. The van der Waals surface area contributed by atoms with Crippen LogP contribution in [-0.2, 0) is 31.0 Å². The number of benzene rings is 2. The van der Waals surface area contributed by atoms with Crippen molar-refractivity contribution < 1.29 is 33.4 Å². The Hall–Kier alpha value is -7.59. The molecule has 340 valence electrons. The highest BCUT2D eigenvalue weighted by Crippen LogP contribution is 2.33. The number of hydrogen-bond donors (Lipinski definition) is 6. The van der Waals surface area contributed by atoms with E-state index in [0.717, 1.165) is 23.5 Å². The van der Waals surface area contributed by atoms with Gasteiger partial charge in [0.2, 0.25) is 29.6 Å². The van der Waals surface area contributed by atoms with E-state index in [9.17, 15) is 24.0 Å². The molecular weight excluding hydrogens is 827 g/mol. The molecule has 0 aliphatic heterocycles. The van der Waals surface area contributed by atoms with Gasteiger partial charge < -0.3 is 41.1 Å². The molecule has 0 saturated heterocycles. The van der Waals surface area contributed by atoms with Crippen molar-refractivity contribution in [3.8, 4) is 11.5 Å². The van der Waals surface area contributed by atoms with Gasteiger partial charge in [-0.15, -0.1) is 0 Å². The number of aryl methyl sites for hydroxylation is 4. The lowest BCUT2D eigenvalue weighted by atomic mass is 10.1. The largest absolute Gasteiger partial charge is 0.494 e. The van der Waals surface area contributed by atoms with Gasteiger partial charge in [-0.3, -0.25) is 43.7 Å². The lowest BCUT2D eigenvalue weighted by Gasteiger charge is -2.15. The molecule has 64 heavy (non-hydrogen) atoms. The van der Waals surface area contributed by atoms with Gasteiger partial charge in [0, 0.05) is 63.9 Å². The molecule has 4 aromatic heterocycles. The van der Waals surface area contributed by atoms with Crippen molar-refractivity contribution in [3.63, 3.8) is 0 Å². The zero-order valence-electron chi connectivity index (χ0n) is 36.8. The fraction of sp³-hybridized carbons (Fsp3) is 0.357. The van der Waals surface area contributed by atoms with Crippen LogP contribution in [0, 0.1) is 13.8 Å². The third-order valence-corrected chi connectivity index (χ3v) is 9.86. The summed E-state index contributed by atoms with van der Waals surface area (Å²) in [5.74, 6) is 5.12. The van der Waals surface area contributed by atoms with E-state index in [1.54, 1.807) is 52.2 Å². The summed E-state index contributed by atoms with van der Waals surface area (Å²) in [7, 11) is 3.18. The molecule has 0 saturated carbocycles. The maximum Gasteiger partial charge on any atom is 0.276 e. The molecule has 0 radical (unpaired) electrons. The van der Waals surface area contributed by atoms with Crippen LogP contribution in [0.1, 0.15) is 79.8 Å². The van der Waals surface area contributed by atoms with Gasteiger partial charge in [0.1, 0.15) is 33.9 Å². The first-order valence-electron chi connectivity index (χ1n) is 20.5. The van der Waals surface area contributed by atoms with Crippen molar-refractivity contribution in [2.24, 2.45) is 23.0 Å². The zero-order chi connectivity index (χ0) is 46.7. The van der Waals surface area contributed by atoms with Crippen LogP contribution < -0.4 is 43.2 Å². The Morgan fingerprint density at radius 2 is 1.38 bits per heavy atom. The summed E-state index contributed by atoms with van der Waals surface area (Å²) in [4.78, 5) is 69.7. The highest BCUT2D eigenvalue weighted by Gasteiger charge is 2.22. The molecule has 0 atom stereocenters. The number of carbonyl (C=O) groups excluding carboxylic acids is 5. The zero-order valence-corrected chi connectivity index (χ0v) is 36.8. The van der Waals surface area contributed by atoms with Crippen LogP contribution >= 0.6 is 0 Å². The molecule has 22 nitrogen and oxygen atoms in total. The van der Waals surface area contributed by atoms with Gasteiger partial charge in [0.25, 0.3) is 5.91 Å². The number of rotatable bonds is 20. The number of imidazole rings is 2. The lowest BCUT2D eigenvalue weighted by Crippen LogP contribution is -2.40. The second-order valence-corrected chi connectivity index (χ2v) is 14.3. The standard InChI is InChI=1S/C35H45N13O6.C7H10N2O/c1-5-48-25(15-20(2)44-48)33(52)43-35-42-23-16-21(31(37)50)18-26(53-4)29(23)46(35)12-7-6-11-45-30-24(41-34(45)40-3)17-22(32(38)51)19-27(30)54-14-8-9-28(49)47(39)13-10-36;1-3-9-7(5-10)4-6(2)8-9/h6-7,15-19H,5,8-14,36,39H2,1-4H3,(H2,37,50)(H2,38,51)(H,40,41)(H,42,43,52);4-5H,3H2,1-2H3/b7-6+;. The van der Waals surface area contributed by atoms with E-state index in [4.69, 9.17) is 32.5 Å². The first-order chi connectivity index (χ1) is 30.7. The van der Waals surface area contributed by atoms with Crippen LogP contribution in [0.2, 0.25) is 0 Å².